The molecule has 0 aliphatic heterocycles. The number of rotatable bonds is 4. The topological polar surface area (TPSA) is 64.8 Å². The Labute approximate surface area is 144 Å². The summed E-state index contributed by atoms with van der Waals surface area (Å²) in [5.41, 5.74) is 3.30. The maximum absolute atomic E-state index is 12.0. The molecule has 0 atom stereocenters. The number of aromatic amines is 1. The molecule has 1 N–H and O–H groups in total. The van der Waals surface area contributed by atoms with Crippen LogP contribution in [0.2, 0.25) is 0 Å². The number of methoxy groups -OCH3 is 1. The van der Waals surface area contributed by atoms with E-state index in [1.807, 2.05) is 30.3 Å². The molecule has 0 amide bonds. The first-order valence-electron chi connectivity index (χ1n) is 7.99. The van der Waals surface area contributed by atoms with E-state index in [9.17, 15) is 4.79 Å². The number of aromatic nitrogens is 4. The molecule has 6 heteroatoms. The number of hydrogen-bond acceptors (Lipinski definition) is 3. The second kappa shape index (κ2) is 5.98. The van der Waals surface area contributed by atoms with E-state index in [1.165, 1.54) is 10.4 Å². The third kappa shape index (κ3) is 2.82. The Morgan fingerprint density at radius 1 is 1.12 bits per heavy atom. The minimum absolute atomic E-state index is 0.185. The SMILES string of the molecule is COc1ccc(Cn2ccc3ccc(-c4nn(C)[nH]c4=O)cc32)cc1. The number of fused-ring (bicyclic) bond motifs is 1. The van der Waals surface area contributed by atoms with E-state index >= 15 is 0 Å². The lowest BCUT2D eigenvalue weighted by Crippen LogP contribution is -2.04. The minimum atomic E-state index is -0.185. The summed E-state index contributed by atoms with van der Waals surface area (Å²) in [6.45, 7) is 0.746. The van der Waals surface area contributed by atoms with Gasteiger partial charge in [-0.3, -0.25) is 4.79 Å². The molecule has 0 radical (unpaired) electrons. The molecule has 0 aliphatic carbocycles. The average molecular weight is 334 g/mol. The van der Waals surface area contributed by atoms with Crippen molar-refractivity contribution in [2.75, 3.05) is 7.11 Å². The van der Waals surface area contributed by atoms with Gasteiger partial charge in [-0.25, -0.2) is 9.90 Å². The highest BCUT2D eigenvalue weighted by molar-refractivity contribution is 5.84. The number of H-pyrrole nitrogens is 1. The lowest BCUT2D eigenvalue weighted by atomic mass is 10.1. The molecular weight excluding hydrogens is 316 g/mol. The van der Waals surface area contributed by atoms with E-state index < -0.39 is 0 Å². The molecular formula is C19H18N4O2. The van der Waals surface area contributed by atoms with Gasteiger partial charge in [0.05, 0.1) is 7.11 Å². The second-order valence-electron chi connectivity index (χ2n) is 5.98. The zero-order valence-electron chi connectivity index (χ0n) is 14.1. The van der Waals surface area contributed by atoms with Crippen molar-refractivity contribution in [3.05, 3.63) is 70.6 Å². The van der Waals surface area contributed by atoms with Crippen LogP contribution in [-0.2, 0) is 13.6 Å². The van der Waals surface area contributed by atoms with Crippen molar-refractivity contribution in [2.24, 2.45) is 7.05 Å². The third-order valence-corrected chi connectivity index (χ3v) is 4.29. The van der Waals surface area contributed by atoms with Crippen LogP contribution in [0.3, 0.4) is 0 Å². The summed E-state index contributed by atoms with van der Waals surface area (Å²) in [7, 11) is 3.37. The summed E-state index contributed by atoms with van der Waals surface area (Å²) in [5, 5.41) is 8.00. The Bertz CT molecular complexity index is 1090. The average Bonchev–Trinajstić information content (AvgIpc) is 3.18. The molecule has 4 aromatic rings. The maximum Gasteiger partial charge on any atom is 0.292 e. The van der Waals surface area contributed by atoms with Crippen LogP contribution in [0.15, 0.2) is 59.5 Å². The number of nitrogens with zero attached hydrogens (tertiary/aromatic N) is 3. The van der Waals surface area contributed by atoms with E-state index in [-0.39, 0.29) is 5.56 Å². The molecule has 0 aliphatic rings. The van der Waals surface area contributed by atoms with E-state index in [1.54, 1.807) is 14.2 Å². The Balaban J connectivity index is 1.73. The van der Waals surface area contributed by atoms with Gasteiger partial charge in [-0.15, -0.1) is 0 Å². The fourth-order valence-corrected chi connectivity index (χ4v) is 3.01. The predicted molar refractivity (Wildman–Crippen MR) is 96.9 cm³/mol. The van der Waals surface area contributed by atoms with Gasteiger partial charge in [0.1, 0.15) is 5.75 Å². The predicted octanol–water partition coefficient (Wildman–Crippen LogP) is 2.79. The summed E-state index contributed by atoms with van der Waals surface area (Å²) < 4.78 is 7.37. The van der Waals surface area contributed by atoms with Crippen LogP contribution in [-0.4, -0.2) is 26.7 Å². The van der Waals surface area contributed by atoms with Crippen LogP contribution >= 0.6 is 0 Å². The van der Waals surface area contributed by atoms with Gasteiger partial charge in [-0.2, -0.15) is 5.10 Å². The van der Waals surface area contributed by atoms with Gasteiger partial charge in [0.15, 0.2) is 5.69 Å². The zero-order valence-corrected chi connectivity index (χ0v) is 14.1. The Morgan fingerprint density at radius 3 is 2.60 bits per heavy atom. The first-order valence-corrected chi connectivity index (χ1v) is 7.99. The molecule has 0 saturated carbocycles. The van der Waals surface area contributed by atoms with Gasteiger partial charge in [0.2, 0.25) is 0 Å². The molecule has 126 valence electrons. The molecule has 4 rings (SSSR count). The number of aryl methyl sites for hydroxylation is 1. The molecule has 2 heterocycles. The quantitative estimate of drug-likeness (QED) is 0.624. The molecule has 0 unspecified atom stereocenters. The van der Waals surface area contributed by atoms with Gasteiger partial charge in [-0.1, -0.05) is 24.3 Å². The molecule has 2 aromatic carbocycles. The standard InChI is InChI=1S/C19H18N4O2/c1-22-20-18(19(24)21-22)15-6-5-14-9-10-23(17(14)11-15)12-13-3-7-16(25-2)8-4-13/h3-11H,12H2,1-2H3,(H,21,24). The molecule has 2 aromatic heterocycles. The molecule has 25 heavy (non-hydrogen) atoms. The Kier molecular flexibility index (Phi) is 3.65. The van der Waals surface area contributed by atoms with Crippen LogP contribution in [0.25, 0.3) is 22.2 Å². The van der Waals surface area contributed by atoms with Crippen molar-refractivity contribution < 1.29 is 4.74 Å². The van der Waals surface area contributed by atoms with E-state index in [0.717, 1.165) is 28.8 Å². The lowest BCUT2D eigenvalue weighted by Gasteiger charge is -2.07. The third-order valence-electron chi connectivity index (χ3n) is 4.29. The zero-order chi connectivity index (χ0) is 17.4. The summed E-state index contributed by atoms with van der Waals surface area (Å²) in [5.74, 6) is 0.845. The fraction of sp³-hybridized carbons (Fsp3) is 0.158. The highest BCUT2D eigenvalue weighted by Crippen LogP contribution is 2.23. The van der Waals surface area contributed by atoms with Gasteiger partial charge in [0.25, 0.3) is 5.56 Å². The van der Waals surface area contributed by atoms with Crippen molar-refractivity contribution >= 4 is 10.9 Å². The summed E-state index contributed by atoms with van der Waals surface area (Å²) in [6, 6.07) is 16.1. The maximum atomic E-state index is 12.0. The van der Waals surface area contributed by atoms with E-state index in [4.69, 9.17) is 4.74 Å². The number of hydrogen-bond donors (Lipinski definition) is 1. The van der Waals surface area contributed by atoms with Crippen LogP contribution in [0.4, 0.5) is 0 Å². The van der Waals surface area contributed by atoms with Crippen molar-refractivity contribution in [2.45, 2.75) is 6.54 Å². The van der Waals surface area contributed by atoms with Crippen molar-refractivity contribution in [1.82, 2.24) is 19.6 Å². The van der Waals surface area contributed by atoms with Crippen LogP contribution in [0.5, 0.6) is 5.75 Å². The largest absolute Gasteiger partial charge is 0.497 e. The van der Waals surface area contributed by atoms with Crippen LogP contribution < -0.4 is 10.3 Å². The fourth-order valence-electron chi connectivity index (χ4n) is 3.01. The number of nitrogens with one attached hydrogen (secondary N) is 1. The molecule has 0 saturated heterocycles. The molecule has 0 spiro atoms. The number of ether oxygens (including phenoxy) is 1. The van der Waals surface area contributed by atoms with Gasteiger partial charge < -0.3 is 9.30 Å². The first kappa shape index (κ1) is 15.3. The van der Waals surface area contributed by atoms with Gasteiger partial charge >= 0.3 is 0 Å². The highest BCUT2D eigenvalue weighted by atomic mass is 16.5. The smallest absolute Gasteiger partial charge is 0.292 e. The summed E-state index contributed by atoms with van der Waals surface area (Å²) >= 11 is 0. The second-order valence-corrected chi connectivity index (χ2v) is 5.98. The van der Waals surface area contributed by atoms with Crippen molar-refractivity contribution in [3.63, 3.8) is 0 Å². The van der Waals surface area contributed by atoms with Gasteiger partial charge in [-0.05, 0) is 35.2 Å². The number of benzene rings is 2. The Morgan fingerprint density at radius 2 is 1.92 bits per heavy atom. The molecule has 0 bridgehead atoms. The first-order chi connectivity index (χ1) is 12.1. The van der Waals surface area contributed by atoms with Crippen LogP contribution in [0.1, 0.15) is 5.56 Å². The van der Waals surface area contributed by atoms with E-state index in [0.29, 0.717) is 5.69 Å². The van der Waals surface area contributed by atoms with Crippen molar-refractivity contribution in [3.8, 4) is 17.0 Å². The molecule has 0 fully saturated rings. The minimum Gasteiger partial charge on any atom is -0.497 e. The highest BCUT2D eigenvalue weighted by Gasteiger charge is 2.10. The summed E-state index contributed by atoms with van der Waals surface area (Å²) in [4.78, 5) is 13.4. The Hall–Kier alpha value is -3.28. The monoisotopic (exact) mass is 334 g/mol. The van der Waals surface area contributed by atoms with E-state index in [2.05, 4.69) is 39.2 Å². The van der Waals surface area contributed by atoms with Crippen LogP contribution in [0, 0.1) is 0 Å². The molecule has 6 nitrogen and oxygen atoms in total. The van der Waals surface area contributed by atoms with Gasteiger partial charge in [0, 0.05) is 30.9 Å². The normalized spacial score (nSPS) is 11.1. The van der Waals surface area contributed by atoms with Crippen molar-refractivity contribution in [1.29, 1.82) is 0 Å². The summed E-state index contributed by atoms with van der Waals surface area (Å²) in [6.07, 6.45) is 2.06. The lowest BCUT2D eigenvalue weighted by molar-refractivity contribution is 0.414.